The van der Waals surface area contributed by atoms with Gasteiger partial charge >= 0.3 is 5.97 Å². The maximum Gasteiger partial charge on any atom is 0.373 e. The van der Waals surface area contributed by atoms with E-state index in [9.17, 15) is 19.5 Å². The van der Waals surface area contributed by atoms with Gasteiger partial charge in [0.1, 0.15) is 12.1 Å². The second-order valence-corrected chi connectivity index (χ2v) is 10.5. The molecule has 1 heterocycles. The number of aliphatic hydroxyl groups excluding tert-OH is 1. The van der Waals surface area contributed by atoms with Crippen molar-refractivity contribution in [2.24, 2.45) is 5.92 Å². The molecule has 0 unspecified atom stereocenters. The van der Waals surface area contributed by atoms with E-state index in [1.54, 1.807) is 24.3 Å². The molecular weight excluding hydrogens is 532 g/mol. The molecule has 0 aromatic heterocycles. The number of aliphatic hydroxyl groups is 1. The van der Waals surface area contributed by atoms with Crippen LogP contribution in [-0.4, -0.2) is 48.2 Å². The number of carbonyl (C=O) groups is 3. The van der Waals surface area contributed by atoms with E-state index in [2.05, 4.69) is 10.6 Å². The third-order valence-electron chi connectivity index (χ3n) is 6.51. The fraction of sp³-hybridized carbons (Fsp3) is 0.382. The molecule has 1 aromatic rings. The minimum Gasteiger partial charge on any atom is -0.490 e. The second kappa shape index (κ2) is 18.3. The van der Waals surface area contributed by atoms with Gasteiger partial charge < -0.3 is 25.2 Å². The zero-order valence-corrected chi connectivity index (χ0v) is 25.2. The minimum atomic E-state index is -0.790. The Hall–Kier alpha value is -4.17. The van der Waals surface area contributed by atoms with Gasteiger partial charge in [0.25, 0.3) is 0 Å². The molecule has 0 aliphatic carbocycles. The molecule has 8 nitrogen and oxygen atoms in total. The lowest BCUT2D eigenvalue weighted by Gasteiger charge is -2.25. The van der Waals surface area contributed by atoms with Gasteiger partial charge in [0.05, 0.1) is 13.2 Å². The maximum absolute atomic E-state index is 12.9. The first-order chi connectivity index (χ1) is 20.1. The van der Waals surface area contributed by atoms with Crippen molar-refractivity contribution in [2.45, 2.75) is 71.6 Å². The summed E-state index contributed by atoms with van der Waals surface area (Å²) < 4.78 is 10.4. The molecule has 226 valence electrons. The summed E-state index contributed by atoms with van der Waals surface area (Å²) in [5.41, 5.74) is 3.00. The number of ether oxygens (including phenoxy) is 2. The largest absolute Gasteiger partial charge is 0.490 e. The average Bonchev–Trinajstić information content (AvgIpc) is 2.96. The molecule has 0 saturated carbocycles. The number of benzene rings is 1. The number of nitrogens with one attached hydrogen (secondary N) is 2. The number of carbonyl (C=O) groups excluding carboxylic acids is 3. The predicted molar refractivity (Wildman–Crippen MR) is 165 cm³/mol. The van der Waals surface area contributed by atoms with Crippen LogP contribution in [0.25, 0.3) is 0 Å². The van der Waals surface area contributed by atoms with Gasteiger partial charge in [-0.1, -0.05) is 84.9 Å². The number of amides is 2. The lowest BCUT2D eigenvalue weighted by molar-refractivity contribution is -0.151. The van der Waals surface area contributed by atoms with E-state index in [0.29, 0.717) is 25.7 Å². The molecule has 1 aromatic carbocycles. The van der Waals surface area contributed by atoms with Crippen LogP contribution >= 0.6 is 0 Å². The lowest BCUT2D eigenvalue weighted by Crippen LogP contribution is -2.46. The number of esters is 1. The zero-order valence-electron chi connectivity index (χ0n) is 25.2. The van der Waals surface area contributed by atoms with Gasteiger partial charge in [-0.05, 0) is 51.5 Å². The first kappa shape index (κ1) is 34.0. The summed E-state index contributed by atoms with van der Waals surface area (Å²) in [6.07, 6.45) is 16.6. The highest BCUT2D eigenvalue weighted by atomic mass is 16.6. The highest BCUT2D eigenvalue weighted by molar-refractivity contribution is 5.93. The third-order valence-corrected chi connectivity index (χ3v) is 6.51. The molecule has 1 aliphatic rings. The minimum absolute atomic E-state index is 0.00696. The van der Waals surface area contributed by atoms with Crippen molar-refractivity contribution >= 4 is 17.8 Å². The Morgan fingerprint density at radius 3 is 2.50 bits per heavy atom. The molecule has 0 fully saturated rings. The normalized spacial score (nSPS) is 17.9. The van der Waals surface area contributed by atoms with E-state index < -0.39 is 24.0 Å². The molecule has 3 N–H and O–H groups in total. The van der Waals surface area contributed by atoms with Gasteiger partial charge in [0.15, 0.2) is 5.76 Å². The van der Waals surface area contributed by atoms with Crippen LogP contribution in [0.3, 0.4) is 0 Å². The SMILES string of the molecule is COC1=CC[C@@H]([C@@H](C)/C=C(C)/C=C\C=C/C(=O)N[C@@H](Cc2ccccc2)C(=O)N/C=C\C[C@@H](O)CC=C(C)C)OC1=O. The first-order valence-electron chi connectivity index (χ1n) is 14.2. The van der Waals surface area contributed by atoms with E-state index in [1.165, 1.54) is 19.4 Å². The molecule has 0 spiro atoms. The van der Waals surface area contributed by atoms with Crippen molar-refractivity contribution in [3.05, 3.63) is 108 Å². The van der Waals surface area contributed by atoms with E-state index in [1.807, 2.05) is 76.3 Å². The van der Waals surface area contributed by atoms with E-state index in [-0.39, 0.29) is 23.7 Å². The van der Waals surface area contributed by atoms with E-state index in [4.69, 9.17) is 9.47 Å². The number of methoxy groups -OCH3 is 1. The highest BCUT2D eigenvalue weighted by Gasteiger charge is 2.27. The molecule has 2 rings (SSSR count). The molecule has 8 heteroatoms. The summed E-state index contributed by atoms with van der Waals surface area (Å²) in [6.45, 7) is 7.86. The monoisotopic (exact) mass is 576 g/mol. The Labute approximate surface area is 249 Å². The van der Waals surface area contributed by atoms with Crippen LogP contribution in [0.5, 0.6) is 0 Å². The van der Waals surface area contributed by atoms with Gasteiger partial charge in [-0.3, -0.25) is 9.59 Å². The van der Waals surface area contributed by atoms with Crippen molar-refractivity contribution in [1.82, 2.24) is 10.6 Å². The Bertz CT molecular complexity index is 1220. The van der Waals surface area contributed by atoms with Gasteiger partial charge in [0, 0.05) is 24.8 Å². The Morgan fingerprint density at radius 1 is 1.12 bits per heavy atom. The topological polar surface area (TPSA) is 114 Å². The average molecular weight is 577 g/mol. The van der Waals surface area contributed by atoms with Crippen molar-refractivity contribution in [3.63, 3.8) is 0 Å². The highest BCUT2D eigenvalue weighted by Crippen LogP contribution is 2.22. The smallest absolute Gasteiger partial charge is 0.373 e. The van der Waals surface area contributed by atoms with Crippen LogP contribution in [0.2, 0.25) is 0 Å². The lowest BCUT2D eigenvalue weighted by atomic mass is 9.97. The molecule has 0 radical (unpaired) electrons. The number of hydrogen-bond donors (Lipinski definition) is 3. The van der Waals surface area contributed by atoms with Gasteiger partial charge in [0.2, 0.25) is 11.8 Å². The Balaban J connectivity index is 1.94. The summed E-state index contributed by atoms with van der Waals surface area (Å²) in [5.74, 6) is -0.989. The van der Waals surface area contributed by atoms with Crippen LogP contribution in [0.1, 0.15) is 52.5 Å². The number of cyclic esters (lactones) is 1. The standard InChI is InChI=1S/C34H44N2O6/c1-24(2)17-18-28(37)15-11-21-35-33(39)29(23-27-13-7-6-8-14-27)36-32(38)16-10-9-12-25(3)22-26(4)30-19-20-31(41-5)34(40)42-30/h6-14,16-17,20-22,26,28-30,37H,15,18-19,23H2,1-5H3,(H,35,39)(H,36,38)/b12-9-,16-10-,21-11-,25-22+/t26-,28+,29-,30-/m0/s1. The van der Waals surface area contributed by atoms with Gasteiger partial charge in [-0.25, -0.2) is 4.79 Å². The summed E-state index contributed by atoms with van der Waals surface area (Å²) in [5, 5.41) is 15.5. The van der Waals surface area contributed by atoms with Crippen LogP contribution in [-0.2, 0) is 30.3 Å². The quantitative estimate of drug-likeness (QED) is 0.117. The third kappa shape index (κ3) is 13.0. The number of hydrogen-bond acceptors (Lipinski definition) is 6. The van der Waals surface area contributed by atoms with E-state index >= 15 is 0 Å². The van der Waals surface area contributed by atoms with Crippen LogP contribution in [0, 0.1) is 5.92 Å². The van der Waals surface area contributed by atoms with Crippen LogP contribution in [0.4, 0.5) is 0 Å². The molecule has 4 atom stereocenters. The zero-order chi connectivity index (χ0) is 30.9. The summed E-state index contributed by atoms with van der Waals surface area (Å²) in [7, 11) is 1.44. The van der Waals surface area contributed by atoms with Crippen molar-refractivity contribution in [3.8, 4) is 0 Å². The maximum atomic E-state index is 12.9. The summed E-state index contributed by atoms with van der Waals surface area (Å²) in [4.78, 5) is 37.5. The molecular formula is C34H44N2O6. The first-order valence-corrected chi connectivity index (χ1v) is 14.2. The van der Waals surface area contributed by atoms with Crippen molar-refractivity contribution in [2.75, 3.05) is 7.11 Å². The van der Waals surface area contributed by atoms with Crippen molar-refractivity contribution in [1.29, 1.82) is 0 Å². The molecule has 1 aliphatic heterocycles. The van der Waals surface area contributed by atoms with Gasteiger partial charge in [-0.15, -0.1) is 0 Å². The van der Waals surface area contributed by atoms with Crippen molar-refractivity contribution < 1.29 is 29.0 Å². The molecule has 2 amide bonds. The Morgan fingerprint density at radius 2 is 1.83 bits per heavy atom. The molecule has 0 bridgehead atoms. The fourth-order valence-electron chi connectivity index (χ4n) is 4.18. The fourth-order valence-corrected chi connectivity index (χ4v) is 4.18. The predicted octanol–water partition coefficient (Wildman–Crippen LogP) is 4.99. The number of allylic oxidation sites excluding steroid dienone is 5. The van der Waals surface area contributed by atoms with Gasteiger partial charge in [-0.2, -0.15) is 0 Å². The summed E-state index contributed by atoms with van der Waals surface area (Å²) >= 11 is 0. The molecule has 0 saturated heterocycles. The summed E-state index contributed by atoms with van der Waals surface area (Å²) in [6, 6.07) is 8.67. The molecule has 42 heavy (non-hydrogen) atoms. The van der Waals surface area contributed by atoms with Crippen LogP contribution in [0.15, 0.2) is 102 Å². The number of rotatable bonds is 15. The Kier molecular flexibility index (Phi) is 14.8. The second-order valence-electron chi connectivity index (χ2n) is 10.5. The van der Waals surface area contributed by atoms with E-state index in [0.717, 1.165) is 16.7 Å². The van der Waals surface area contributed by atoms with Crippen LogP contribution < -0.4 is 10.6 Å².